The van der Waals surface area contributed by atoms with Gasteiger partial charge in [-0.1, -0.05) is 11.6 Å². The van der Waals surface area contributed by atoms with E-state index in [1.54, 1.807) is 28.9 Å². The van der Waals surface area contributed by atoms with E-state index in [-0.39, 0.29) is 5.69 Å². The average molecular weight is 226 g/mol. The van der Waals surface area contributed by atoms with Gasteiger partial charge in [-0.3, -0.25) is 4.79 Å². The summed E-state index contributed by atoms with van der Waals surface area (Å²) in [6.45, 7) is 0. The lowest BCUT2D eigenvalue weighted by atomic mass is 10.2. The van der Waals surface area contributed by atoms with Gasteiger partial charge in [0.15, 0.2) is 5.65 Å². The molecular formula is C9H8ClN3O2. The Hall–Kier alpha value is -1.59. The van der Waals surface area contributed by atoms with Gasteiger partial charge < -0.3 is 15.2 Å². The Morgan fingerprint density at radius 2 is 2.40 bits per heavy atom. The van der Waals surface area contributed by atoms with Crippen molar-refractivity contribution < 1.29 is 9.90 Å². The van der Waals surface area contributed by atoms with Crippen LogP contribution in [0.2, 0.25) is 5.02 Å². The number of nitrogens with zero attached hydrogens (tertiary/aromatic N) is 2. The second kappa shape index (κ2) is 3.52. The number of carboxylic acid groups (broad SMARTS) is 1. The molecule has 0 spiro atoms. The van der Waals surface area contributed by atoms with Crippen LogP contribution in [-0.4, -0.2) is 20.5 Å². The fourth-order valence-electron chi connectivity index (χ4n) is 1.27. The van der Waals surface area contributed by atoms with Crippen LogP contribution in [0.5, 0.6) is 0 Å². The Morgan fingerprint density at radius 3 is 3.00 bits per heavy atom. The Morgan fingerprint density at radius 1 is 1.67 bits per heavy atom. The highest BCUT2D eigenvalue weighted by Crippen LogP contribution is 2.18. The quantitative estimate of drug-likeness (QED) is 0.801. The first-order valence-corrected chi connectivity index (χ1v) is 4.59. The lowest BCUT2D eigenvalue weighted by molar-refractivity contribution is -0.138. The van der Waals surface area contributed by atoms with Gasteiger partial charge in [0.2, 0.25) is 0 Å². The molecule has 0 aliphatic carbocycles. The lowest BCUT2D eigenvalue weighted by Crippen LogP contribution is -2.20. The van der Waals surface area contributed by atoms with Crippen molar-refractivity contribution >= 4 is 23.2 Å². The van der Waals surface area contributed by atoms with E-state index in [1.165, 1.54) is 0 Å². The zero-order valence-electron chi connectivity index (χ0n) is 7.59. The smallest absolute Gasteiger partial charge is 0.326 e. The fraction of sp³-hybridized carbons (Fsp3) is 0.111. The van der Waals surface area contributed by atoms with Crippen LogP contribution in [-0.2, 0) is 4.79 Å². The Kier molecular flexibility index (Phi) is 2.34. The van der Waals surface area contributed by atoms with Crippen LogP contribution < -0.4 is 5.73 Å². The van der Waals surface area contributed by atoms with Crippen LogP contribution in [0, 0.1) is 0 Å². The average Bonchev–Trinajstić information content (AvgIpc) is 2.61. The van der Waals surface area contributed by atoms with Crippen LogP contribution in [0.15, 0.2) is 24.5 Å². The summed E-state index contributed by atoms with van der Waals surface area (Å²) in [4.78, 5) is 14.7. The Bertz CT molecular complexity index is 523. The van der Waals surface area contributed by atoms with Crippen LogP contribution in [0.4, 0.5) is 0 Å². The number of imidazole rings is 1. The summed E-state index contributed by atoms with van der Waals surface area (Å²) in [5.41, 5.74) is 6.23. The normalized spacial score (nSPS) is 12.9. The number of fused-ring (bicyclic) bond motifs is 1. The number of nitrogens with two attached hydrogens (primary N) is 1. The molecule has 0 aliphatic rings. The molecule has 2 aromatic rings. The highest BCUT2D eigenvalue weighted by atomic mass is 35.5. The maximum absolute atomic E-state index is 10.7. The van der Waals surface area contributed by atoms with E-state index >= 15 is 0 Å². The number of rotatable bonds is 2. The highest BCUT2D eigenvalue weighted by molar-refractivity contribution is 6.33. The van der Waals surface area contributed by atoms with Crippen LogP contribution >= 0.6 is 11.6 Å². The molecule has 0 saturated carbocycles. The number of hydrogen-bond acceptors (Lipinski definition) is 3. The number of halogens is 1. The third-order valence-corrected chi connectivity index (χ3v) is 2.33. The minimum absolute atomic E-state index is 0.288. The predicted molar refractivity (Wildman–Crippen MR) is 54.8 cm³/mol. The van der Waals surface area contributed by atoms with E-state index in [0.717, 1.165) is 0 Å². The Labute approximate surface area is 90.1 Å². The molecule has 1 unspecified atom stereocenters. The molecule has 2 aromatic heterocycles. The van der Waals surface area contributed by atoms with E-state index in [1.807, 2.05) is 0 Å². The van der Waals surface area contributed by atoms with Gasteiger partial charge in [-0.15, -0.1) is 0 Å². The molecule has 0 fully saturated rings. The van der Waals surface area contributed by atoms with Crippen LogP contribution in [0.25, 0.3) is 5.65 Å². The molecule has 1 atom stereocenters. The maximum atomic E-state index is 10.7. The van der Waals surface area contributed by atoms with Gasteiger partial charge in [-0.05, 0) is 12.1 Å². The summed E-state index contributed by atoms with van der Waals surface area (Å²) in [6, 6.07) is 2.30. The zero-order chi connectivity index (χ0) is 11.0. The van der Waals surface area contributed by atoms with Crippen molar-refractivity contribution in [1.29, 1.82) is 0 Å². The second-order valence-electron chi connectivity index (χ2n) is 3.07. The third-order valence-electron chi connectivity index (χ3n) is 2.04. The van der Waals surface area contributed by atoms with Crippen molar-refractivity contribution in [3.05, 3.63) is 35.2 Å². The molecule has 0 saturated heterocycles. The molecule has 15 heavy (non-hydrogen) atoms. The van der Waals surface area contributed by atoms with Crippen molar-refractivity contribution in [3.8, 4) is 0 Å². The molecule has 0 bridgehead atoms. The number of aromatic nitrogens is 2. The molecule has 0 aromatic carbocycles. The van der Waals surface area contributed by atoms with Crippen molar-refractivity contribution in [1.82, 2.24) is 9.38 Å². The van der Waals surface area contributed by atoms with Crippen molar-refractivity contribution in [2.24, 2.45) is 5.73 Å². The van der Waals surface area contributed by atoms with Gasteiger partial charge in [0.25, 0.3) is 0 Å². The first-order valence-electron chi connectivity index (χ1n) is 4.21. The predicted octanol–water partition coefficient (Wildman–Crippen LogP) is 1.07. The SMILES string of the molecule is NC(C(=O)O)c1cn2cccc(Cl)c2n1. The molecule has 3 N–H and O–H groups in total. The summed E-state index contributed by atoms with van der Waals surface area (Å²) >= 11 is 5.88. The fourth-order valence-corrected chi connectivity index (χ4v) is 1.49. The van der Waals surface area contributed by atoms with E-state index in [4.69, 9.17) is 22.4 Å². The van der Waals surface area contributed by atoms with Crippen LogP contribution in [0.1, 0.15) is 11.7 Å². The standard InChI is InChI=1S/C9H8ClN3O2/c10-5-2-1-3-13-4-6(12-8(5)13)7(11)9(14)15/h1-4,7H,11H2,(H,14,15). The summed E-state index contributed by atoms with van der Waals surface area (Å²) in [6.07, 6.45) is 3.28. The number of aliphatic carboxylic acids is 1. The summed E-state index contributed by atoms with van der Waals surface area (Å²) < 4.78 is 1.64. The number of pyridine rings is 1. The molecule has 5 nitrogen and oxygen atoms in total. The molecule has 78 valence electrons. The van der Waals surface area contributed by atoms with E-state index < -0.39 is 12.0 Å². The topological polar surface area (TPSA) is 80.6 Å². The summed E-state index contributed by atoms with van der Waals surface area (Å²) in [7, 11) is 0. The van der Waals surface area contributed by atoms with Gasteiger partial charge in [-0.25, -0.2) is 4.98 Å². The molecule has 2 heterocycles. The van der Waals surface area contributed by atoms with Crippen LogP contribution in [0.3, 0.4) is 0 Å². The van der Waals surface area contributed by atoms with Gasteiger partial charge in [0.05, 0.1) is 10.7 Å². The van der Waals surface area contributed by atoms with Gasteiger partial charge >= 0.3 is 5.97 Å². The monoisotopic (exact) mass is 225 g/mol. The third kappa shape index (κ3) is 1.67. The van der Waals surface area contributed by atoms with Gasteiger partial charge in [-0.2, -0.15) is 0 Å². The maximum Gasteiger partial charge on any atom is 0.326 e. The van der Waals surface area contributed by atoms with E-state index in [2.05, 4.69) is 4.98 Å². The van der Waals surface area contributed by atoms with Gasteiger partial charge in [0.1, 0.15) is 6.04 Å². The van der Waals surface area contributed by atoms with Crippen molar-refractivity contribution in [3.63, 3.8) is 0 Å². The second-order valence-corrected chi connectivity index (χ2v) is 3.48. The minimum Gasteiger partial charge on any atom is -0.480 e. The first kappa shape index (κ1) is 9.95. The molecule has 0 amide bonds. The molecule has 0 aliphatic heterocycles. The first-order chi connectivity index (χ1) is 7.09. The zero-order valence-corrected chi connectivity index (χ0v) is 8.35. The molecule has 2 rings (SSSR count). The molecule has 0 radical (unpaired) electrons. The highest BCUT2D eigenvalue weighted by Gasteiger charge is 2.18. The number of carboxylic acids is 1. The van der Waals surface area contributed by atoms with E-state index in [0.29, 0.717) is 10.7 Å². The molecule has 6 heteroatoms. The Balaban J connectivity index is 2.56. The van der Waals surface area contributed by atoms with Crippen molar-refractivity contribution in [2.75, 3.05) is 0 Å². The lowest BCUT2D eigenvalue weighted by Gasteiger charge is -1.99. The molecular weight excluding hydrogens is 218 g/mol. The minimum atomic E-state index is -1.12. The largest absolute Gasteiger partial charge is 0.480 e. The summed E-state index contributed by atoms with van der Waals surface area (Å²) in [5, 5.41) is 9.18. The van der Waals surface area contributed by atoms with E-state index in [9.17, 15) is 4.79 Å². The van der Waals surface area contributed by atoms with Gasteiger partial charge in [0, 0.05) is 12.4 Å². The van der Waals surface area contributed by atoms with Crippen molar-refractivity contribution in [2.45, 2.75) is 6.04 Å². The number of hydrogen-bond donors (Lipinski definition) is 2. The number of carbonyl (C=O) groups is 1. The summed E-state index contributed by atoms with van der Waals surface area (Å²) in [5.74, 6) is -1.12.